The first-order chi connectivity index (χ1) is 6.95. The van der Waals surface area contributed by atoms with Gasteiger partial charge in [0.05, 0.1) is 5.60 Å². The van der Waals surface area contributed by atoms with Gasteiger partial charge in [0.25, 0.3) is 0 Å². The summed E-state index contributed by atoms with van der Waals surface area (Å²) in [6.07, 6.45) is 4.67. The fourth-order valence-corrected chi connectivity index (χ4v) is 2.17. The minimum absolute atomic E-state index is 0.0645. The first-order valence-electron chi connectivity index (χ1n) is 6.04. The van der Waals surface area contributed by atoms with E-state index in [0.717, 1.165) is 12.8 Å². The molecular formula is C12H25NO2. The van der Waals surface area contributed by atoms with Gasteiger partial charge in [-0.25, -0.2) is 0 Å². The largest absolute Gasteiger partial charge is 0.396 e. The summed E-state index contributed by atoms with van der Waals surface area (Å²) in [6, 6.07) is 0.430. The summed E-state index contributed by atoms with van der Waals surface area (Å²) in [7, 11) is 0. The van der Waals surface area contributed by atoms with Crippen LogP contribution in [-0.2, 0) is 0 Å². The van der Waals surface area contributed by atoms with Crippen molar-refractivity contribution in [1.82, 2.24) is 5.32 Å². The quantitative estimate of drug-likeness (QED) is 0.662. The third-order valence-electron chi connectivity index (χ3n) is 3.67. The van der Waals surface area contributed by atoms with Crippen molar-refractivity contribution in [2.75, 3.05) is 6.61 Å². The van der Waals surface area contributed by atoms with Gasteiger partial charge >= 0.3 is 0 Å². The molecule has 0 amide bonds. The number of hydrogen-bond acceptors (Lipinski definition) is 3. The molecule has 3 atom stereocenters. The number of aliphatic hydroxyl groups is 2. The molecule has 0 aromatic carbocycles. The van der Waals surface area contributed by atoms with E-state index in [1.54, 1.807) is 0 Å². The van der Waals surface area contributed by atoms with Crippen LogP contribution in [0.25, 0.3) is 0 Å². The van der Waals surface area contributed by atoms with Gasteiger partial charge < -0.3 is 15.5 Å². The van der Waals surface area contributed by atoms with Gasteiger partial charge in [-0.05, 0) is 39.5 Å². The highest BCUT2D eigenvalue weighted by Gasteiger charge is 2.29. The zero-order chi connectivity index (χ0) is 11.5. The van der Waals surface area contributed by atoms with Crippen LogP contribution in [0.5, 0.6) is 0 Å². The van der Waals surface area contributed by atoms with Crippen LogP contribution in [-0.4, -0.2) is 34.5 Å². The predicted octanol–water partition coefficient (Wildman–Crippen LogP) is 1.29. The topological polar surface area (TPSA) is 52.5 Å². The molecule has 3 unspecified atom stereocenters. The summed E-state index contributed by atoms with van der Waals surface area (Å²) in [5.74, 6) is 0.364. The Morgan fingerprint density at radius 2 is 1.93 bits per heavy atom. The monoisotopic (exact) mass is 215 g/mol. The standard InChI is InChI=1S/C12H25NO2/c1-9(12(2,3)15)13-11-7-5-4-6-10(11)8-14/h9-11,13-15H,4-8H2,1-3H3. The molecule has 3 nitrogen and oxygen atoms in total. The molecule has 1 aliphatic carbocycles. The lowest BCUT2D eigenvalue weighted by Gasteiger charge is -2.37. The molecule has 1 rings (SSSR count). The van der Waals surface area contributed by atoms with Crippen LogP contribution in [0, 0.1) is 5.92 Å². The molecular weight excluding hydrogens is 190 g/mol. The maximum absolute atomic E-state index is 9.85. The summed E-state index contributed by atoms with van der Waals surface area (Å²) < 4.78 is 0. The van der Waals surface area contributed by atoms with E-state index < -0.39 is 5.60 Å². The van der Waals surface area contributed by atoms with Crippen molar-refractivity contribution in [3.8, 4) is 0 Å². The molecule has 15 heavy (non-hydrogen) atoms. The molecule has 0 aliphatic heterocycles. The molecule has 0 spiro atoms. The van der Waals surface area contributed by atoms with Crippen LogP contribution in [0.2, 0.25) is 0 Å². The zero-order valence-corrected chi connectivity index (χ0v) is 10.2. The van der Waals surface area contributed by atoms with Gasteiger partial charge in [-0.15, -0.1) is 0 Å². The Balaban J connectivity index is 2.48. The lowest BCUT2D eigenvalue weighted by molar-refractivity contribution is 0.0294. The van der Waals surface area contributed by atoms with E-state index in [0.29, 0.717) is 12.0 Å². The van der Waals surface area contributed by atoms with Crippen LogP contribution < -0.4 is 5.32 Å². The van der Waals surface area contributed by atoms with Crippen molar-refractivity contribution in [2.24, 2.45) is 5.92 Å². The highest BCUT2D eigenvalue weighted by Crippen LogP contribution is 2.25. The Bertz CT molecular complexity index is 189. The van der Waals surface area contributed by atoms with E-state index >= 15 is 0 Å². The second-order valence-electron chi connectivity index (χ2n) is 5.38. The van der Waals surface area contributed by atoms with Crippen molar-refractivity contribution < 1.29 is 10.2 Å². The molecule has 1 saturated carbocycles. The smallest absolute Gasteiger partial charge is 0.0741 e. The molecule has 0 radical (unpaired) electrons. The SMILES string of the molecule is CC(NC1CCCCC1CO)C(C)(C)O. The first-order valence-corrected chi connectivity index (χ1v) is 6.04. The van der Waals surface area contributed by atoms with E-state index in [9.17, 15) is 10.2 Å². The van der Waals surface area contributed by atoms with E-state index in [1.165, 1.54) is 12.8 Å². The minimum Gasteiger partial charge on any atom is -0.396 e. The molecule has 1 fully saturated rings. The summed E-state index contributed by atoms with van der Waals surface area (Å²) in [5, 5.41) is 22.6. The van der Waals surface area contributed by atoms with Gasteiger partial charge in [0.15, 0.2) is 0 Å². The van der Waals surface area contributed by atoms with E-state index in [2.05, 4.69) is 5.32 Å². The maximum Gasteiger partial charge on any atom is 0.0741 e. The van der Waals surface area contributed by atoms with Crippen LogP contribution >= 0.6 is 0 Å². The Hall–Kier alpha value is -0.120. The van der Waals surface area contributed by atoms with Crippen molar-refractivity contribution in [1.29, 1.82) is 0 Å². The number of rotatable bonds is 4. The zero-order valence-electron chi connectivity index (χ0n) is 10.2. The maximum atomic E-state index is 9.85. The second kappa shape index (κ2) is 5.28. The number of hydrogen-bond donors (Lipinski definition) is 3. The van der Waals surface area contributed by atoms with Crippen LogP contribution in [0.1, 0.15) is 46.5 Å². The Morgan fingerprint density at radius 3 is 2.47 bits per heavy atom. The third-order valence-corrected chi connectivity index (χ3v) is 3.67. The molecule has 0 saturated heterocycles. The molecule has 1 aliphatic rings. The van der Waals surface area contributed by atoms with Gasteiger partial charge in [-0.3, -0.25) is 0 Å². The lowest BCUT2D eigenvalue weighted by Crippen LogP contribution is -2.52. The van der Waals surface area contributed by atoms with E-state index in [1.807, 2.05) is 20.8 Å². The average Bonchev–Trinajstić information content (AvgIpc) is 2.17. The fourth-order valence-electron chi connectivity index (χ4n) is 2.17. The molecule has 3 heteroatoms. The van der Waals surface area contributed by atoms with Crippen molar-refractivity contribution in [3.05, 3.63) is 0 Å². The van der Waals surface area contributed by atoms with Crippen LogP contribution in [0.15, 0.2) is 0 Å². The molecule has 90 valence electrons. The molecule has 0 heterocycles. The van der Waals surface area contributed by atoms with Crippen molar-refractivity contribution >= 4 is 0 Å². The molecule has 3 N–H and O–H groups in total. The van der Waals surface area contributed by atoms with Gasteiger partial charge in [0, 0.05) is 18.7 Å². The van der Waals surface area contributed by atoms with Gasteiger partial charge in [-0.2, -0.15) is 0 Å². The third kappa shape index (κ3) is 3.74. The van der Waals surface area contributed by atoms with E-state index in [4.69, 9.17) is 0 Å². The molecule has 0 aromatic rings. The fraction of sp³-hybridized carbons (Fsp3) is 1.00. The Labute approximate surface area is 92.9 Å². The summed E-state index contributed by atoms with van der Waals surface area (Å²) >= 11 is 0. The minimum atomic E-state index is -0.697. The highest BCUT2D eigenvalue weighted by molar-refractivity contribution is 4.87. The molecule has 0 aromatic heterocycles. The van der Waals surface area contributed by atoms with E-state index in [-0.39, 0.29) is 12.6 Å². The Kier molecular flexibility index (Phi) is 4.56. The predicted molar refractivity (Wildman–Crippen MR) is 61.7 cm³/mol. The number of aliphatic hydroxyl groups excluding tert-OH is 1. The lowest BCUT2D eigenvalue weighted by atomic mass is 9.84. The number of nitrogens with one attached hydrogen (secondary N) is 1. The van der Waals surface area contributed by atoms with Crippen molar-refractivity contribution in [3.63, 3.8) is 0 Å². The summed E-state index contributed by atoms with van der Waals surface area (Å²) in [6.45, 7) is 5.90. The van der Waals surface area contributed by atoms with Crippen LogP contribution in [0.4, 0.5) is 0 Å². The highest BCUT2D eigenvalue weighted by atomic mass is 16.3. The van der Waals surface area contributed by atoms with Crippen LogP contribution in [0.3, 0.4) is 0 Å². The normalized spacial score (nSPS) is 30.2. The Morgan fingerprint density at radius 1 is 1.33 bits per heavy atom. The van der Waals surface area contributed by atoms with Crippen molar-refractivity contribution in [2.45, 2.75) is 64.1 Å². The van der Waals surface area contributed by atoms with Gasteiger partial charge in [0.1, 0.15) is 0 Å². The summed E-state index contributed by atoms with van der Waals surface area (Å²) in [4.78, 5) is 0. The first kappa shape index (κ1) is 12.9. The average molecular weight is 215 g/mol. The second-order valence-corrected chi connectivity index (χ2v) is 5.38. The van der Waals surface area contributed by atoms with Gasteiger partial charge in [0.2, 0.25) is 0 Å². The molecule has 0 bridgehead atoms. The summed E-state index contributed by atoms with van der Waals surface area (Å²) in [5.41, 5.74) is -0.697. The van der Waals surface area contributed by atoms with Gasteiger partial charge in [-0.1, -0.05) is 12.8 Å².